The predicted molar refractivity (Wildman–Crippen MR) is 87.7 cm³/mol. The van der Waals surface area contributed by atoms with Crippen LogP contribution in [0.5, 0.6) is 0 Å². The first-order chi connectivity index (χ1) is 10.7. The van der Waals surface area contributed by atoms with Crippen LogP contribution in [0.4, 0.5) is 5.69 Å². The van der Waals surface area contributed by atoms with Gasteiger partial charge in [0, 0.05) is 18.4 Å². The van der Waals surface area contributed by atoms with Gasteiger partial charge in [-0.1, -0.05) is 32.9 Å². The number of anilines is 1. The highest BCUT2D eigenvalue weighted by atomic mass is 16.4. The van der Waals surface area contributed by atoms with E-state index in [4.69, 9.17) is 10.4 Å². The number of nitrogens with zero attached hydrogens (tertiary/aromatic N) is 1. The van der Waals surface area contributed by atoms with Crippen molar-refractivity contribution in [1.29, 1.82) is 5.26 Å². The molecule has 0 fully saturated rings. The Balaban J connectivity index is 2.68. The van der Waals surface area contributed by atoms with Gasteiger partial charge in [-0.15, -0.1) is 0 Å². The molecule has 122 valence electrons. The highest BCUT2D eigenvalue weighted by Gasteiger charge is 2.13. The fourth-order valence-corrected chi connectivity index (χ4v) is 1.75. The van der Waals surface area contributed by atoms with Crippen molar-refractivity contribution in [3.63, 3.8) is 0 Å². The minimum absolute atomic E-state index is 0.0204. The molecule has 0 aromatic heterocycles. The summed E-state index contributed by atoms with van der Waals surface area (Å²) >= 11 is 0. The van der Waals surface area contributed by atoms with E-state index >= 15 is 0 Å². The van der Waals surface area contributed by atoms with Crippen LogP contribution in [0.2, 0.25) is 0 Å². The molecule has 0 aliphatic carbocycles. The lowest BCUT2D eigenvalue weighted by Crippen LogP contribution is -2.27. The van der Waals surface area contributed by atoms with Crippen LogP contribution in [-0.2, 0) is 15.0 Å². The second-order valence-corrected chi connectivity index (χ2v) is 6.04. The molecule has 1 rings (SSSR count). The number of hydrogen-bond acceptors (Lipinski definition) is 4. The second kappa shape index (κ2) is 7.99. The highest BCUT2D eigenvalue weighted by molar-refractivity contribution is 5.97. The van der Waals surface area contributed by atoms with Gasteiger partial charge in [-0.3, -0.25) is 9.59 Å². The maximum Gasteiger partial charge on any atom is 0.305 e. The number of benzene rings is 1. The average Bonchev–Trinajstić information content (AvgIpc) is 2.47. The molecule has 1 amide bonds. The molecule has 23 heavy (non-hydrogen) atoms. The molecule has 0 saturated carbocycles. The van der Waals surface area contributed by atoms with Crippen molar-refractivity contribution in [3.05, 3.63) is 41.6 Å². The minimum Gasteiger partial charge on any atom is -0.481 e. The molecule has 6 heteroatoms. The molecule has 0 atom stereocenters. The predicted octanol–water partition coefficient (Wildman–Crippen LogP) is 2.39. The number of carbonyl (C=O) groups is 2. The zero-order valence-electron chi connectivity index (χ0n) is 13.5. The molecule has 3 N–H and O–H groups in total. The lowest BCUT2D eigenvalue weighted by atomic mass is 9.87. The summed E-state index contributed by atoms with van der Waals surface area (Å²) < 4.78 is 0. The van der Waals surface area contributed by atoms with Crippen LogP contribution in [0.3, 0.4) is 0 Å². The van der Waals surface area contributed by atoms with Crippen molar-refractivity contribution in [2.75, 3.05) is 11.9 Å². The molecule has 0 aliphatic rings. The molecule has 0 bridgehead atoms. The standard InChI is InChI=1S/C17H21N3O3/c1-17(2,3)13-4-6-14(7-5-13)20-11-12(10-18)16(23)19-9-8-15(21)22/h4-7,11,20H,8-9H2,1-3H3,(H,19,23)(H,21,22)/b12-11-. The summed E-state index contributed by atoms with van der Waals surface area (Å²) in [5.74, 6) is -1.61. The molecular formula is C17H21N3O3. The van der Waals surface area contributed by atoms with Crippen molar-refractivity contribution < 1.29 is 14.7 Å². The van der Waals surface area contributed by atoms with Crippen molar-refractivity contribution in [2.45, 2.75) is 32.6 Å². The molecule has 0 radical (unpaired) electrons. The van der Waals surface area contributed by atoms with Crippen LogP contribution in [0.25, 0.3) is 0 Å². The third-order valence-corrected chi connectivity index (χ3v) is 3.12. The van der Waals surface area contributed by atoms with Gasteiger partial charge in [0.1, 0.15) is 11.6 Å². The van der Waals surface area contributed by atoms with Gasteiger partial charge in [-0.05, 0) is 23.1 Å². The van der Waals surface area contributed by atoms with Crippen LogP contribution >= 0.6 is 0 Å². The Morgan fingerprint density at radius 1 is 1.26 bits per heavy atom. The number of carboxylic acids is 1. The Labute approximate surface area is 135 Å². The average molecular weight is 315 g/mol. The van der Waals surface area contributed by atoms with Gasteiger partial charge in [0.25, 0.3) is 5.91 Å². The van der Waals surface area contributed by atoms with Gasteiger partial charge < -0.3 is 15.7 Å². The van der Waals surface area contributed by atoms with E-state index in [9.17, 15) is 9.59 Å². The van der Waals surface area contributed by atoms with Gasteiger partial charge in [0.2, 0.25) is 0 Å². The van der Waals surface area contributed by atoms with Crippen LogP contribution in [0, 0.1) is 11.3 Å². The Morgan fingerprint density at radius 3 is 2.35 bits per heavy atom. The summed E-state index contributed by atoms with van der Waals surface area (Å²) in [4.78, 5) is 22.1. The third kappa shape index (κ3) is 6.22. The minimum atomic E-state index is -1.01. The summed E-state index contributed by atoms with van der Waals surface area (Å²) in [5.41, 5.74) is 1.87. The monoisotopic (exact) mass is 315 g/mol. The van der Waals surface area contributed by atoms with Gasteiger partial charge in [-0.2, -0.15) is 5.26 Å². The van der Waals surface area contributed by atoms with Gasteiger partial charge in [-0.25, -0.2) is 0 Å². The van der Waals surface area contributed by atoms with Crippen LogP contribution in [0.1, 0.15) is 32.8 Å². The van der Waals surface area contributed by atoms with Crippen molar-refractivity contribution >= 4 is 17.6 Å². The molecule has 1 aromatic carbocycles. The summed E-state index contributed by atoms with van der Waals surface area (Å²) in [5, 5.41) is 22.8. The fraction of sp³-hybridized carbons (Fsp3) is 0.353. The Bertz CT molecular complexity index is 635. The SMILES string of the molecule is CC(C)(C)c1ccc(N/C=C(/C#N)C(=O)NCCC(=O)O)cc1. The lowest BCUT2D eigenvalue weighted by molar-refractivity contribution is -0.136. The molecule has 1 aromatic rings. The van der Waals surface area contributed by atoms with E-state index in [1.54, 1.807) is 6.07 Å². The summed E-state index contributed by atoms with van der Waals surface area (Å²) in [7, 11) is 0. The zero-order chi connectivity index (χ0) is 17.5. The van der Waals surface area contributed by atoms with Crippen LogP contribution in [-0.4, -0.2) is 23.5 Å². The van der Waals surface area contributed by atoms with Crippen molar-refractivity contribution in [2.24, 2.45) is 0 Å². The Morgan fingerprint density at radius 2 is 1.87 bits per heavy atom. The second-order valence-electron chi connectivity index (χ2n) is 6.04. The third-order valence-electron chi connectivity index (χ3n) is 3.12. The quantitative estimate of drug-likeness (QED) is 0.552. The summed E-state index contributed by atoms with van der Waals surface area (Å²) in [6.07, 6.45) is 1.12. The molecule has 0 heterocycles. The van der Waals surface area contributed by atoms with E-state index < -0.39 is 11.9 Å². The Kier molecular flexibility index (Phi) is 6.34. The summed E-state index contributed by atoms with van der Waals surface area (Å²) in [6.45, 7) is 6.33. The van der Waals surface area contributed by atoms with E-state index in [2.05, 4.69) is 31.4 Å². The molecule has 0 saturated heterocycles. The first-order valence-corrected chi connectivity index (χ1v) is 7.21. The first-order valence-electron chi connectivity index (χ1n) is 7.21. The normalized spacial score (nSPS) is 11.5. The van der Waals surface area contributed by atoms with E-state index in [1.165, 1.54) is 11.8 Å². The molecule has 0 unspecified atom stereocenters. The molecule has 0 aliphatic heterocycles. The number of amides is 1. The lowest BCUT2D eigenvalue weighted by Gasteiger charge is -2.19. The number of nitrogens with one attached hydrogen (secondary N) is 2. The molecular weight excluding hydrogens is 294 g/mol. The van der Waals surface area contributed by atoms with Crippen LogP contribution < -0.4 is 10.6 Å². The molecule has 0 spiro atoms. The topological polar surface area (TPSA) is 102 Å². The maximum atomic E-state index is 11.7. The summed E-state index contributed by atoms with van der Waals surface area (Å²) in [6, 6.07) is 9.49. The van der Waals surface area contributed by atoms with E-state index in [0.29, 0.717) is 0 Å². The number of nitriles is 1. The maximum absolute atomic E-state index is 11.7. The van der Waals surface area contributed by atoms with Gasteiger partial charge >= 0.3 is 5.97 Å². The van der Waals surface area contributed by atoms with E-state index in [0.717, 1.165) is 5.69 Å². The fourth-order valence-electron chi connectivity index (χ4n) is 1.75. The van der Waals surface area contributed by atoms with E-state index in [1.807, 2.05) is 24.3 Å². The number of carboxylic acid groups (broad SMARTS) is 1. The van der Waals surface area contributed by atoms with Gasteiger partial charge in [0.15, 0.2) is 0 Å². The highest BCUT2D eigenvalue weighted by Crippen LogP contribution is 2.23. The molecule has 6 nitrogen and oxygen atoms in total. The Hall–Kier alpha value is -2.81. The number of hydrogen-bond donors (Lipinski definition) is 3. The smallest absolute Gasteiger partial charge is 0.305 e. The van der Waals surface area contributed by atoms with Gasteiger partial charge in [0.05, 0.1) is 6.42 Å². The largest absolute Gasteiger partial charge is 0.481 e. The number of aliphatic carboxylic acids is 1. The zero-order valence-corrected chi connectivity index (χ0v) is 13.5. The first kappa shape index (κ1) is 18.2. The van der Waals surface area contributed by atoms with E-state index in [-0.39, 0.29) is 24.0 Å². The van der Waals surface area contributed by atoms with Crippen LogP contribution in [0.15, 0.2) is 36.0 Å². The van der Waals surface area contributed by atoms with Crippen molar-refractivity contribution in [3.8, 4) is 6.07 Å². The number of carbonyl (C=O) groups excluding carboxylic acids is 1. The number of rotatable bonds is 6. The van der Waals surface area contributed by atoms with Crippen molar-refractivity contribution in [1.82, 2.24) is 5.32 Å².